The average Bonchev–Trinajstić information content (AvgIpc) is 3.15. The molecule has 0 bridgehead atoms. The minimum Gasteiger partial charge on any atom is -0.451 e. The predicted molar refractivity (Wildman–Crippen MR) is 94.4 cm³/mol. The normalized spacial score (nSPS) is 10.7. The van der Waals surface area contributed by atoms with Crippen LogP contribution in [0.2, 0.25) is 0 Å². The van der Waals surface area contributed by atoms with E-state index < -0.39 is 5.97 Å². The van der Waals surface area contributed by atoms with E-state index in [4.69, 9.17) is 9.15 Å². The van der Waals surface area contributed by atoms with Crippen LogP contribution < -0.4 is 5.56 Å². The summed E-state index contributed by atoms with van der Waals surface area (Å²) in [6.45, 7) is 2.26. The van der Waals surface area contributed by atoms with E-state index in [1.165, 1.54) is 35.1 Å². The van der Waals surface area contributed by atoms with Crippen LogP contribution in [0.3, 0.4) is 0 Å². The molecule has 0 saturated carbocycles. The van der Waals surface area contributed by atoms with Gasteiger partial charge in [-0.25, -0.2) is 18.9 Å². The first-order valence-corrected chi connectivity index (χ1v) is 8.52. The fourth-order valence-corrected chi connectivity index (χ4v) is 2.35. The van der Waals surface area contributed by atoms with Crippen LogP contribution in [0.1, 0.15) is 36.1 Å². The Morgan fingerprint density at radius 1 is 1.22 bits per heavy atom. The van der Waals surface area contributed by atoms with Crippen LogP contribution in [0.25, 0.3) is 11.3 Å². The van der Waals surface area contributed by atoms with Gasteiger partial charge in [0.15, 0.2) is 18.1 Å². The van der Waals surface area contributed by atoms with Crippen LogP contribution in [0, 0.1) is 5.82 Å². The fourth-order valence-electron chi connectivity index (χ4n) is 2.35. The topological polar surface area (TPSA) is 87.2 Å². The summed E-state index contributed by atoms with van der Waals surface area (Å²) in [6, 6.07) is 8.38. The highest BCUT2D eigenvalue weighted by molar-refractivity contribution is 5.86. The number of hydrogen-bond donors (Lipinski definition) is 0. The Morgan fingerprint density at radius 2 is 2.00 bits per heavy atom. The number of hydrogen-bond acceptors (Lipinski definition) is 6. The molecule has 140 valence electrons. The largest absolute Gasteiger partial charge is 0.451 e. The van der Waals surface area contributed by atoms with Crippen molar-refractivity contribution >= 4 is 5.97 Å². The molecular weight excluding hydrogens is 353 g/mol. The van der Waals surface area contributed by atoms with Crippen LogP contribution in [0.15, 0.2) is 51.8 Å². The molecule has 8 heteroatoms. The van der Waals surface area contributed by atoms with Crippen LogP contribution in [-0.4, -0.2) is 20.7 Å². The second-order valence-corrected chi connectivity index (χ2v) is 5.83. The maximum Gasteiger partial charge on any atom is 0.359 e. The number of halogens is 1. The van der Waals surface area contributed by atoms with E-state index in [1.807, 2.05) is 6.92 Å². The summed E-state index contributed by atoms with van der Waals surface area (Å²) >= 11 is 0. The van der Waals surface area contributed by atoms with Gasteiger partial charge in [-0.2, -0.15) is 5.10 Å². The van der Waals surface area contributed by atoms with Crippen molar-refractivity contribution in [2.45, 2.75) is 32.9 Å². The molecule has 0 fully saturated rings. The summed E-state index contributed by atoms with van der Waals surface area (Å²) in [4.78, 5) is 27.9. The molecule has 0 N–H and O–H groups in total. The second kappa shape index (κ2) is 8.39. The van der Waals surface area contributed by atoms with Gasteiger partial charge in [0.2, 0.25) is 5.89 Å². The van der Waals surface area contributed by atoms with Gasteiger partial charge >= 0.3 is 5.97 Å². The van der Waals surface area contributed by atoms with Gasteiger partial charge in [-0.05, 0) is 36.8 Å². The van der Waals surface area contributed by atoms with Gasteiger partial charge in [0.1, 0.15) is 5.82 Å². The highest BCUT2D eigenvalue weighted by Crippen LogP contribution is 2.21. The predicted octanol–water partition coefficient (Wildman–Crippen LogP) is 3.19. The zero-order chi connectivity index (χ0) is 19.2. The van der Waals surface area contributed by atoms with Gasteiger partial charge in [0.25, 0.3) is 5.56 Å². The number of nitrogens with zero attached hydrogens (tertiary/aromatic N) is 3. The first-order valence-electron chi connectivity index (χ1n) is 8.52. The van der Waals surface area contributed by atoms with E-state index in [0.717, 1.165) is 12.8 Å². The van der Waals surface area contributed by atoms with Crippen molar-refractivity contribution in [2.24, 2.45) is 0 Å². The standard InChI is InChI=1S/C19H18FN3O4/c1-2-3-10-23-18(24)9-8-15(22-23)19(25)26-12-17-21-11-16(27-17)13-4-6-14(20)7-5-13/h4-9,11H,2-3,10,12H2,1H3. The minimum atomic E-state index is -0.679. The Hall–Kier alpha value is -3.29. The Labute approximate surface area is 154 Å². The number of esters is 1. The summed E-state index contributed by atoms with van der Waals surface area (Å²) in [5.41, 5.74) is 0.429. The zero-order valence-corrected chi connectivity index (χ0v) is 14.7. The van der Waals surface area contributed by atoms with Crippen molar-refractivity contribution < 1.29 is 18.3 Å². The lowest BCUT2D eigenvalue weighted by atomic mass is 10.2. The van der Waals surface area contributed by atoms with Crippen LogP contribution in [0.4, 0.5) is 4.39 Å². The second-order valence-electron chi connectivity index (χ2n) is 5.83. The van der Waals surface area contributed by atoms with Crippen LogP contribution in [0.5, 0.6) is 0 Å². The van der Waals surface area contributed by atoms with Crippen molar-refractivity contribution in [3.8, 4) is 11.3 Å². The average molecular weight is 371 g/mol. The molecule has 2 heterocycles. The molecule has 0 aliphatic carbocycles. The molecule has 2 aromatic heterocycles. The molecule has 3 rings (SSSR count). The third-order valence-electron chi connectivity index (χ3n) is 3.81. The number of carbonyl (C=O) groups is 1. The molecule has 0 saturated heterocycles. The van der Waals surface area contributed by atoms with Crippen LogP contribution >= 0.6 is 0 Å². The lowest BCUT2D eigenvalue weighted by molar-refractivity contribution is 0.0428. The molecule has 1 aromatic carbocycles. The first-order chi connectivity index (χ1) is 13.1. The van der Waals surface area contributed by atoms with Crippen molar-refractivity contribution in [1.82, 2.24) is 14.8 Å². The number of carbonyl (C=O) groups excluding carboxylic acids is 1. The number of oxazole rings is 1. The summed E-state index contributed by atoms with van der Waals surface area (Å²) in [6.07, 6.45) is 3.16. The van der Waals surface area contributed by atoms with E-state index in [1.54, 1.807) is 12.1 Å². The van der Waals surface area contributed by atoms with Crippen molar-refractivity contribution in [3.05, 3.63) is 70.4 Å². The van der Waals surface area contributed by atoms with E-state index in [9.17, 15) is 14.0 Å². The smallest absolute Gasteiger partial charge is 0.359 e. The monoisotopic (exact) mass is 371 g/mol. The molecule has 0 radical (unpaired) electrons. The molecule has 0 amide bonds. The van der Waals surface area contributed by atoms with Gasteiger partial charge in [0, 0.05) is 18.2 Å². The highest BCUT2D eigenvalue weighted by atomic mass is 19.1. The molecule has 3 aromatic rings. The third-order valence-corrected chi connectivity index (χ3v) is 3.81. The van der Waals surface area contributed by atoms with E-state index in [-0.39, 0.29) is 29.6 Å². The van der Waals surface area contributed by atoms with Gasteiger partial charge in [-0.15, -0.1) is 0 Å². The lowest BCUT2D eigenvalue weighted by Crippen LogP contribution is -2.25. The molecule has 0 aliphatic rings. The number of benzene rings is 1. The quantitative estimate of drug-likeness (QED) is 0.593. The van der Waals surface area contributed by atoms with E-state index in [2.05, 4.69) is 10.1 Å². The number of ether oxygens (including phenoxy) is 1. The number of unbranched alkanes of at least 4 members (excludes halogenated alkanes) is 1. The van der Waals surface area contributed by atoms with E-state index in [0.29, 0.717) is 17.9 Å². The molecule has 0 atom stereocenters. The zero-order valence-electron chi connectivity index (χ0n) is 14.7. The first kappa shape index (κ1) is 18.5. The number of rotatable bonds is 7. The Kier molecular flexibility index (Phi) is 5.75. The SMILES string of the molecule is CCCCn1nc(C(=O)OCc2ncc(-c3ccc(F)cc3)o2)ccc1=O. The third kappa shape index (κ3) is 4.66. The summed E-state index contributed by atoms with van der Waals surface area (Å²) in [5, 5.41) is 4.03. The van der Waals surface area contributed by atoms with Crippen molar-refractivity contribution in [1.29, 1.82) is 0 Å². The van der Waals surface area contributed by atoms with Crippen LogP contribution in [-0.2, 0) is 17.9 Å². The van der Waals surface area contributed by atoms with Crippen molar-refractivity contribution in [3.63, 3.8) is 0 Å². The molecule has 27 heavy (non-hydrogen) atoms. The Balaban J connectivity index is 1.64. The van der Waals surface area contributed by atoms with Gasteiger partial charge < -0.3 is 9.15 Å². The summed E-state index contributed by atoms with van der Waals surface area (Å²) in [7, 11) is 0. The van der Waals surface area contributed by atoms with E-state index >= 15 is 0 Å². The number of aryl methyl sites for hydroxylation is 1. The molecule has 7 nitrogen and oxygen atoms in total. The van der Waals surface area contributed by atoms with Crippen molar-refractivity contribution in [2.75, 3.05) is 0 Å². The summed E-state index contributed by atoms with van der Waals surface area (Å²) < 4.78 is 24.9. The van der Waals surface area contributed by atoms with Gasteiger partial charge in [-0.3, -0.25) is 4.79 Å². The number of aromatic nitrogens is 3. The van der Waals surface area contributed by atoms with Gasteiger partial charge in [-0.1, -0.05) is 13.3 Å². The van der Waals surface area contributed by atoms with Gasteiger partial charge in [0.05, 0.1) is 6.20 Å². The Morgan fingerprint density at radius 3 is 2.74 bits per heavy atom. The highest BCUT2D eigenvalue weighted by Gasteiger charge is 2.14. The maximum atomic E-state index is 13.0. The Bertz CT molecular complexity index is 979. The summed E-state index contributed by atoms with van der Waals surface area (Å²) in [5.74, 6) is -0.392. The molecule has 0 spiro atoms. The minimum absolute atomic E-state index is 0.0380. The molecular formula is C19H18FN3O4. The maximum absolute atomic E-state index is 13.0. The lowest BCUT2D eigenvalue weighted by Gasteiger charge is -2.06. The molecule has 0 unspecified atom stereocenters. The molecule has 0 aliphatic heterocycles. The fraction of sp³-hybridized carbons (Fsp3) is 0.263.